The fraction of sp³-hybridized carbons (Fsp3) is 0.400. The van der Waals surface area contributed by atoms with Crippen LogP contribution in [0.4, 0.5) is 6.01 Å². The largest absolute Gasteiger partial charge is 0.405 e. The van der Waals surface area contributed by atoms with E-state index < -0.39 is 11.1 Å². The zero-order chi connectivity index (χ0) is 23.8. The van der Waals surface area contributed by atoms with E-state index >= 15 is 0 Å². The molecule has 1 amide bonds. The van der Waals surface area contributed by atoms with Crippen LogP contribution in [-0.4, -0.2) is 51.3 Å². The molecule has 2 heterocycles. The molecule has 1 saturated heterocycles. The number of piperazine rings is 1. The van der Waals surface area contributed by atoms with E-state index in [1.54, 1.807) is 0 Å². The molecule has 3 aromatic rings. The summed E-state index contributed by atoms with van der Waals surface area (Å²) in [7, 11) is 0. The van der Waals surface area contributed by atoms with Gasteiger partial charge in [-0.25, -0.2) is 0 Å². The Labute approximate surface area is 203 Å². The van der Waals surface area contributed by atoms with E-state index in [-0.39, 0.29) is 17.8 Å². The number of hydrogen-bond acceptors (Lipinski definition) is 7. The highest BCUT2D eigenvalue weighted by molar-refractivity contribution is 6.30. The van der Waals surface area contributed by atoms with Gasteiger partial charge in [0.25, 0.3) is 5.91 Å². The number of amides is 1. The highest BCUT2D eigenvalue weighted by atomic mass is 35.5. The quantitative estimate of drug-likeness (QED) is 0.475. The van der Waals surface area contributed by atoms with Crippen molar-refractivity contribution < 1.29 is 14.3 Å². The minimum Gasteiger partial charge on any atom is -0.405 e. The molecular formula is C25H28ClN5O3. The minimum atomic E-state index is -0.963. The molecule has 0 spiro atoms. The van der Waals surface area contributed by atoms with Gasteiger partial charge in [0, 0.05) is 36.8 Å². The predicted molar refractivity (Wildman–Crippen MR) is 129 cm³/mol. The minimum absolute atomic E-state index is 0.0303. The summed E-state index contributed by atoms with van der Waals surface area (Å²) in [5, 5.41) is 25.4. The molecule has 0 radical (unpaired) electrons. The molecule has 1 aromatic heterocycles. The first-order valence-corrected chi connectivity index (χ1v) is 11.9. The Bertz CT molecular complexity index is 1180. The Hall–Kier alpha value is -2.94. The van der Waals surface area contributed by atoms with Crippen LogP contribution < -0.4 is 10.6 Å². The van der Waals surface area contributed by atoms with Crippen molar-refractivity contribution in [2.75, 3.05) is 25.0 Å². The lowest BCUT2D eigenvalue weighted by molar-refractivity contribution is 0.0426. The Kier molecular flexibility index (Phi) is 6.06. The van der Waals surface area contributed by atoms with Gasteiger partial charge in [0.15, 0.2) is 0 Å². The molecular weight excluding hydrogens is 454 g/mol. The zero-order valence-corrected chi connectivity index (χ0v) is 19.8. The summed E-state index contributed by atoms with van der Waals surface area (Å²) in [5.41, 5.74) is 1.35. The average Bonchev–Trinajstić information content (AvgIpc) is 3.39. The molecule has 9 heteroatoms. The van der Waals surface area contributed by atoms with Gasteiger partial charge in [-0.15, -0.1) is 5.10 Å². The van der Waals surface area contributed by atoms with Crippen LogP contribution in [0.25, 0.3) is 0 Å². The standard InChI is InChI=1S/C25H28ClN5O3/c1-24(16-27-11-12-31(24)21(32)17-5-3-2-4-6-17)14-19-13-20(26)8-7-18(19)15-28-23-30-29-22(34-23)25(33)9-10-25/h2-8,13,27,33H,9-12,14-16H2,1H3,(H,28,30)/t24-/m0/s1. The lowest BCUT2D eigenvalue weighted by Crippen LogP contribution is -2.62. The summed E-state index contributed by atoms with van der Waals surface area (Å²) < 4.78 is 5.59. The predicted octanol–water partition coefficient (Wildman–Crippen LogP) is 3.36. The molecule has 0 bridgehead atoms. The Morgan fingerprint density at radius 3 is 2.76 bits per heavy atom. The maximum absolute atomic E-state index is 13.4. The molecule has 5 rings (SSSR count). The normalized spacial score (nSPS) is 21.3. The van der Waals surface area contributed by atoms with Crippen LogP contribution in [0.1, 0.15) is 47.1 Å². The molecule has 2 fully saturated rings. The fourth-order valence-electron chi connectivity index (χ4n) is 4.48. The molecule has 1 aliphatic heterocycles. The van der Waals surface area contributed by atoms with Crippen LogP contribution in [-0.2, 0) is 18.6 Å². The zero-order valence-electron chi connectivity index (χ0n) is 19.1. The number of nitrogens with one attached hydrogen (secondary N) is 2. The smallest absolute Gasteiger partial charge is 0.315 e. The first-order chi connectivity index (χ1) is 16.4. The number of halogens is 1. The second kappa shape index (κ2) is 9.02. The number of aromatic nitrogens is 2. The molecule has 0 unspecified atom stereocenters. The van der Waals surface area contributed by atoms with Crippen molar-refractivity contribution in [3.63, 3.8) is 0 Å². The number of carbonyl (C=O) groups is 1. The van der Waals surface area contributed by atoms with Gasteiger partial charge in [-0.2, -0.15) is 0 Å². The number of aliphatic hydroxyl groups is 1. The number of anilines is 1. The number of benzene rings is 2. The van der Waals surface area contributed by atoms with E-state index in [9.17, 15) is 9.90 Å². The third kappa shape index (κ3) is 4.66. The molecule has 2 aliphatic rings. The summed E-state index contributed by atoms with van der Waals surface area (Å²) in [6.07, 6.45) is 1.91. The van der Waals surface area contributed by atoms with Crippen molar-refractivity contribution in [2.45, 2.75) is 43.9 Å². The van der Waals surface area contributed by atoms with Crippen LogP contribution in [0.3, 0.4) is 0 Å². The van der Waals surface area contributed by atoms with Gasteiger partial charge >= 0.3 is 6.01 Å². The number of rotatable bonds is 7. The summed E-state index contributed by atoms with van der Waals surface area (Å²) in [4.78, 5) is 15.3. The van der Waals surface area contributed by atoms with E-state index in [2.05, 4.69) is 27.8 Å². The first kappa shape index (κ1) is 22.8. The Morgan fingerprint density at radius 1 is 1.21 bits per heavy atom. The van der Waals surface area contributed by atoms with Gasteiger partial charge in [0.05, 0.1) is 5.54 Å². The van der Waals surface area contributed by atoms with E-state index in [1.165, 1.54) is 0 Å². The van der Waals surface area contributed by atoms with Crippen molar-refractivity contribution in [3.05, 3.63) is 76.1 Å². The number of carbonyl (C=O) groups excluding carboxylic acids is 1. The third-order valence-corrected chi connectivity index (χ3v) is 6.89. The van der Waals surface area contributed by atoms with Crippen molar-refractivity contribution in [1.29, 1.82) is 0 Å². The summed E-state index contributed by atoms with van der Waals surface area (Å²) in [6, 6.07) is 15.4. The van der Waals surface area contributed by atoms with Gasteiger partial charge in [-0.3, -0.25) is 4.79 Å². The topological polar surface area (TPSA) is 104 Å². The number of hydrogen-bond donors (Lipinski definition) is 3. The Balaban J connectivity index is 1.35. The van der Waals surface area contributed by atoms with E-state index in [4.69, 9.17) is 16.0 Å². The highest BCUT2D eigenvalue weighted by Gasteiger charge is 2.47. The van der Waals surface area contributed by atoms with Crippen molar-refractivity contribution in [1.82, 2.24) is 20.4 Å². The maximum atomic E-state index is 13.4. The SMILES string of the molecule is C[C@]1(Cc2cc(Cl)ccc2CNc2nnc(C3(O)CC3)o2)CNCCN1C(=O)c1ccccc1. The molecule has 1 aliphatic carbocycles. The van der Waals surface area contributed by atoms with Crippen molar-refractivity contribution in [3.8, 4) is 0 Å². The summed E-state index contributed by atoms with van der Waals surface area (Å²) >= 11 is 6.37. The second-order valence-corrected chi connectivity index (χ2v) is 9.82. The fourth-order valence-corrected chi connectivity index (χ4v) is 4.68. The third-order valence-electron chi connectivity index (χ3n) is 6.65. The van der Waals surface area contributed by atoms with Gasteiger partial charge in [0.2, 0.25) is 5.89 Å². The van der Waals surface area contributed by atoms with E-state index in [1.807, 2.05) is 53.4 Å². The van der Waals surface area contributed by atoms with E-state index in [0.29, 0.717) is 49.5 Å². The van der Waals surface area contributed by atoms with Gasteiger partial charge in [-0.1, -0.05) is 41.0 Å². The molecule has 3 N–H and O–H groups in total. The van der Waals surface area contributed by atoms with Crippen LogP contribution in [0.2, 0.25) is 5.02 Å². The molecule has 1 saturated carbocycles. The molecule has 1 atom stereocenters. The molecule has 34 heavy (non-hydrogen) atoms. The monoisotopic (exact) mass is 481 g/mol. The van der Waals surface area contributed by atoms with Crippen molar-refractivity contribution >= 4 is 23.5 Å². The Morgan fingerprint density at radius 2 is 2.00 bits per heavy atom. The summed E-state index contributed by atoms with van der Waals surface area (Å²) in [5.74, 6) is 0.282. The van der Waals surface area contributed by atoms with Crippen LogP contribution in [0.15, 0.2) is 52.9 Å². The average molecular weight is 482 g/mol. The van der Waals surface area contributed by atoms with E-state index in [0.717, 1.165) is 17.7 Å². The number of nitrogens with zero attached hydrogens (tertiary/aromatic N) is 3. The lowest BCUT2D eigenvalue weighted by Gasteiger charge is -2.46. The maximum Gasteiger partial charge on any atom is 0.315 e. The lowest BCUT2D eigenvalue weighted by atomic mass is 9.86. The van der Waals surface area contributed by atoms with Gasteiger partial charge in [-0.05, 0) is 61.6 Å². The van der Waals surface area contributed by atoms with Crippen LogP contribution in [0, 0.1) is 0 Å². The van der Waals surface area contributed by atoms with Crippen molar-refractivity contribution in [2.24, 2.45) is 0 Å². The highest BCUT2D eigenvalue weighted by Crippen LogP contribution is 2.44. The van der Waals surface area contributed by atoms with Crippen LogP contribution in [0.5, 0.6) is 0 Å². The van der Waals surface area contributed by atoms with Crippen LogP contribution >= 0.6 is 11.6 Å². The second-order valence-electron chi connectivity index (χ2n) is 9.38. The first-order valence-electron chi connectivity index (χ1n) is 11.5. The van der Waals surface area contributed by atoms with Gasteiger partial charge < -0.3 is 25.1 Å². The molecule has 8 nitrogen and oxygen atoms in total. The summed E-state index contributed by atoms with van der Waals surface area (Å²) in [6.45, 7) is 4.62. The van der Waals surface area contributed by atoms with Gasteiger partial charge in [0.1, 0.15) is 5.60 Å². The molecule has 178 valence electrons. The molecule has 2 aromatic carbocycles.